The van der Waals surface area contributed by atoms with Gasteiger partial charge in [-0.1, -0.05) is 0 Å². The standard InChI is InChI=1S/C11H13ClN2O4/c1-13(6-7-4-8(12)5-7)11(15)9-2-3-10(18-9)14(16)17/h2-3,7-8H,4-6H2,1H3. The highest BCUT2D eigenvalue weighted by atomic mass is 35.5. The predicted octanol–water partition coefficient (Wildman–Crippen LogP) is 2.28. The van der Waals surface area contributed by atoms with Crippen LogP contribution in [-0.4, -0.2) is 34.7 Å². The maximum Gasteiger partial charge on any atom is 0.433 e. The first-order valence-corrected chi connectivity index (χ1v) is 6.04. The Morgan fingerprint density at radius 1 is 1.61 bits per heavy atom. The van der Waals surface area contributed by atoms with Gasteiger partial charge in [0.05, 0.1) is 6.07 Å². The van der Waals surface area contributed by atoms with Crippen LogP contribution in [-0.2, 0) is 0 Å². The van der Waals surface area contributed by atoms with E-state index in [1.807, 2.05) is 0 Å². The number of furan rings is 1. The lowest BCUT2D eigenvalue weighted by Crippen LogP contribution is -2.37. The van der Waals surface area contributed by atoms with Crippen LogP contribution in [0.4, 0.5) is 5.88 Å². The Morgan fingerprint density at radius 2 is 2.28 bits per heavy atom. The fourth-order valence-corrected chi connectivity index (χ4v) is 2.51. The molecule has 0 spiro atoms. The van der Waals surface area contributed by atoms with Crippen LogP contribution >= 0.6 is 11.6 Å². The quantitative estimate of drug-likeness (QED) is 0.479. The van der Waals surface area contributed by atoms with Crippen molar-refractivity contribution in [3.8, 4) is 0 Å². The van der Waals surface area contributed by atoms with E-state index in [2.05, 4.69) is 0 Å². The number of nitrogens with zero attached hydrogens (tertiary/aromatic N) is 2. The Morgan fingerprint density at radius 3 is 2.78 bits per heavy atom. The molecule has 1 aliphatic rings. The van der Waals surface area contributed by atoms with Gasteiger partial charge in [-0.05, 0) is 24.8 Å². The van der Waals surface area contributed by atoms with Crippen LogP contribution in [0, 0.1) is 16.0 Å². The van der Waals surface area contributed by atoms with Gasteiger partial charge in [-0.15, -0.1) is 11.6 Å². The zero-order chi connectivity index (χ0) is 13.3. The van der Waals surface area contributed by atoms with Gasteiger partial charge < -0.3 is 9.32 Å². The summed E-state index contributed by atoms with van der Waals surface area (Å²) in [4.78, 5) is 23.2. The zero-order valence-corrected chi connectivity index (χ0v) is 10.6. The first kappa shape index (κ1) is 12.9. The Balaban J connectivity index is 1.94. The second kappa shape index (κ2) is 4.97. The van der Waals surface area contributed by atoms with Crippen molar-refractivity contribution in [2.45, 2.75) is 18.2 Å². The van der Waals surface area contributed by atoms with E-state index >= 15 is 0 Å². The van der Waals surface area contributed by atoms with Gasteiger partial charge in [0.2, 0.25) is 0 Å². The molecule has 6 nitrogen and oxygen atoms in total. The molecule has 1 aliphatic carbocycles. The molecule has 7 heteroatoms. The van der Waals surface area contributed by atoms with Crippen molar-refractivity contribution in [2.24, 2.45) is 5.92 Å². The molecule has 98 valence electrons. The van der Waals surface area contributed by atoms with E-state index in [1.165, 1.54) is 17.0 Å². The van der Waals surface area contributed by atoms with Gasteiger partial charge in [0.1, 0.15) is 4.92 Å². The van der Waals surface area contributed by atoms with Crippen molar-refractivity contribution in [2.75, 3.05) is 13.6 Å². The molecule has 1 amide bonds. The summed E-state index contributed by atoms with van der Waals surface area (Å²) in [5.41, 5.74) is 0. The highest BCUT2D eigenvalue weighted by molar-refractivity contribution is 6.21. The molecule has 1 saturated carbocycles. The van der Waals surface area contributed by atoms with Crippen LogP contribution in [0.5, 0.6) is 0 Å². The number of carbonyl (C=O) groups excluding carboxylic acids is 1. The Labute approximate surface area is 109 Å². The van der Waals surface area contributed by atoms with E-state index in [0.717, 1.165) is 12.8 Å². The molecule has 0 atom stereocenters. The molecule has 1 heterocycles. The number of hydrogen-bond donors (Lipinski definition) is 0. The summed E-state index contributed by atoms with van der Waals surface area (Å²) in [6.07, 6.45) is 1.80. The Hall–Kier alpha value is -1.56. The van der Waals surface area contributed by atoms with Crippen LogP contribution in [0.1, 0.15) is 23.4 Å². The average molecular weight is 273 g/mol. The minimum absolute atomic E-state index is 0.00838. The summed E-state index contributed by atoms with van der Waals surface area (Å²) < 4.78 is 4.87. The summed E-state index contributed by atoms with van der Waals surface area (Å²) in [6.45, 7) is 0.594. The molecule has 1 fully saturated rings. The van der Waals surface area contributed by atoms with Crippen LogP contribution in [0.2, 0.25) is 0 Å². The van der Waals surface area contributed by atoms with E-state index in [4.69, 9.17) is 16.0 Å². The molecule has 0 N–H and O–H groups in total. The van der Waals surface area contributed by atoms with Crippen molar-refractivity contribution >= 4 is 23.4 Å². The first-order chi connectivity index (χ1) is 8.47. The first-order valence-electron chi connectivity index (χ1n) is 5.61. The number of halogens is 1. The molecule has 18 heavy (non-hydrogen) atoms. The smallest absolute Gasteiger partial charge is 0.395 e. The summed E-state index contributed by atoms with van der Waals surface area (Å²) in [6, 6.07) is 2.50. The van der Waals surface area contributed by atoms with Crippen molar-refractivity contribution in [3.05, 3.63) is 28.0 Å². The minimum Gasteiger partial charge on any atom is -0.395 e. The molecule has 0 bridgehead atoms. The molecule has 0 aliphatic heterocycles. The van der Waals surface area contributed by atoms with Gasteiger partial charge in [0, 0.05) is 19.0 Å². The van der Waals surface area contributed by atoms with E-state index < -0.39 is 10.8 Å². The highest BCUT2D eigenvalue weighted by Gasteiger charge is 2.30. The van der Waals surface area contributed by atoms with E-state index in [1.54, 1.807) is 7.05 Å². The summed E-state index contributed by atoms with van der Waals surface area (Å²) in [5, 5.41) is 10.7. The zero-order valence-electron chi connectivity index (χ0n) is 9.84. The van der Waals surface area contributed by atoms with E-state index in [-0.39, 0.29) is 17.0 Å². The molecular weight excluding hydrogens is 260 g/mol. The van der Waals surface area contributed by atoms with Crippen LogP contribution in [0.15, 0.2) is 16.5 Å². The third-order valence-electron chi connectivity index (χ3n) is 3.04. The maximum absolute atomic E-state index is 11.9. The second-order valence-electron chi connectivity index (χ2n) is 4.52. The molecule has 1 aromatic rings. The van der Waals surface area contributed by atoms with Crippen molar-refractivity contribution in [1.29, 1.82) is 0 Å². The van der Waals surface area contributed by atoms with Gasteiger partial charge in [0.25, 0.3) is 5.91 Å². The lowest BCUT2D eigenvalue weighted by molar-refractivity contribution is -0.402. The van der Waals surface area contributed by atoms with Crippen molar-refractivity contribution in [1.82, 2.24) is 4.90 Å². The Kier molecular flexibility index (Phi) is 3.56. The SMILES string of the molecule is CN(CC1CC(Cl)C1)C(=O)c1ccc([N+](=O)[O-])o1. The fourth-order valence-electron chi connectivity index (χ4n) is 2.00. The lowest BCUT2D eigenvalue weighted by atomic mass is 9.84. The maximum atomic E-state index is 11.9. The van der Waals surface area contributed by atoms with Gasteiger partial charge in [0.15, 0.2) is 5.76 Å². The Bertz CT molecular complexity index is 467. The van der Waals surface area contributed by atoms with Crippen molar-refractivity contribution < 1.29 is 14.1 Å². The van der Waals surface area contributed by atoms with Gasteiger partial charge >= 0.3 is 5.88 Å². The third-order valence-corrected chi connectivity index (χ3v) is 3.40. The molecular formula is C11H13ClN2O4. The largest absolute Gasteiger partial charge is 0.433 e. The predicted molar refractivity (Wildman–Crippen MR) is 64.7 cm³/mol. The second-order valence-corrected chi connectivity index (χ2v) is 5.13. The lowest BCUT2D eigenvalue weighted by Gasteiger charge is -2.33. The molecule has 0 saturated heterocycles. The molecule has 0 unspecified atom stereocenters. The van der Waals surface area contributed by atoms with Gasteiger partial charge in [-0.2, -0.15) is 0 Å². The molecule has 0 radical (unpaired) electrons. The van der Waals surface area contributed by atoms with Crippen LogP contribution in [0.3, 0.4) is 0 Å². The number of carbonyl (C=O) groups is 1. The van der Waals surface area contributed by atoms with Crippen LogP contribution < -0.4 is 0 Å². The minimum atomic E-state index is -0.666. The number of amides is 1. The topological polar surface area (TPSA) is 76.6 Å². The number of hydrogen-bond acceptors (Lipinski definition) is 4. The average Bonchev–Trinajstić information content (AvgIpc) is 2.75. The van der Waals surface area contributed by atoms with Crippen molar-refractivity contribution in [3.63, 3.8) is 0 Å². The van der Waals surface area contributed by atoms with E-state index in [0.29, 0.717) is 12.5 Å². The van der Waals surface area contributed by atoms with Crippen LogP contribution in [0.25, 0.3) is 0 Å². The molecule has 2 rings (SSSR count). The summed E-state index contributed by atoms with van der Waals surface area (Å²) in [7, 11) is 1.65. The number of nitro groups is 1. The molecule has 1 aromatic heterocycles. The number of alkyl halides is 1. The fraction of sp³-hybridized carbons (Fsp3) is 0.545. The normalized spacial score (nSPS) is 22.3. The summed E-state index contributed by atoms with van der Waals surface area (Å²) >= 11 is 5.87. The monoisotopic (exact) mass is 272 g/mol. The van der Waals surface area contributed by atoms with Gasteiger partial charge in [-0.25, -0.2) is 0 Å². The van der Waals surface area contributed by atoms with Gasteiger partial charge in [-0.3, -0.25) is 14.9 Å². The highest BCUT2D eigenvalue weighted by Crippen LogP contribution is 2.32. The molecule has 0 aromatic carbocycles. The number of rotatable bonds is 4. The summed E-state index contributed by atoms with van der Waals surface area (Å²) in [5.74, 6) is -0.366. The van der Waals surface area contributed by atoms with E-state index in [9.17, 15) is 14.9 Å². The third kappa shape index (κ3) is 2.64.